The van der Waals surface area contributed by atoms with E-state index < -0.39 is 0 Å². The van der Waals surface area contributed by atoms with Crippen molar-refractivity contribution in [2.24, 2.45) is 10.8 Å². The van der Waals surface area contributed by atoms with Gasteiger partial charge in [0.25, 0.3) is 0 Å². The summed E-state index contributed by atoms with van der Waals surface area (Å²) in [5.74, 6) is 0. The predicted molar refractivity (Wildman–Crippen MR) is 98.9 cm³/mol. The van der Waals surface area contributed by atoms with Gasteiger partial charge in [-0.1, -0.05) is 77.0 Å². The van der Waals surface area contributed by atoms with Crippen molar-refractivity contribution in [3.05, 3.63) is 46.6 Å². The predicted octanol–water partition coefficient (Wildman–Crippen LogP) is 7.15. The van der Waals surface area contributed by atoms with Crippen LogP contribution in [0, 0.1) is 10.8 Å². The topological polar surface area (TPSA) is 0 Å². The molecule has 0 aliphatic heterocycles. The zero-order valence-electron chi connectivity index (χ0n) is 15.6. The van der Waals surface area contributed by atoms with Crippen molar-refractivity contribution < 1.29 is 0 Å². The third-order valence-electron chi connectivity index (χ3n) is 6.22. The number of allylic oxidation sites excluding steroid dienone is 8. The third kappa shape index (κ3) is 3.65. The molecule has 0 radical (unpaired) electrons. The average Bonchev–Trinajstić information content (AvgIpc) is 2.55. The van der Waals surface area contributed by atoms with Crippen molar-refractivity contribution in [2.45, 2.75) is 80.1 Å². The summed E-state index contributed by atoms with van der Waals surface area (Å²) in [6, 6.07) is 0. The Morgan fingerprint density at radius 2 is 1.00 bits per heavy atom. The lowest BCUT2D eigenvalue weighted by Crippen LogP contribution is -2.17. The van der Waals surface area contributed by atoms with E-state index in [0.717, 1.165) is 0 Å². The van der Waals surface area contributed by atoms with Gasteiger partial charge in [0, 0.05) is 0 Å². The molecule has 0 spiro atoms. The summed E-state index contributed by atoms with van der Waals surface area (Å²) >= 11 is 0. The molecule has 0 amide bonds. The Bertz CT molecular complexity index is 482. The van der Waals surface area contributed by atoms with Crippen molar-refractivity contribution in [3.63, 3.8) is 0 Å². The molecule has 0 aromatic carbocycles. The van der Waals surface area contributed by atoms with Gasteiger partial charge >= 0.3 is 0 Å². The van der Waals surface area contributed by atoms with Crippen molar-refractivity contribution >= 4 is 0 Å². The normalized spacial score (nSPS) is 20.1. The van der Waals surface area contributed by atoms with Crippen LogP contribution >= 0.6 is 0 Å². The molecular weight excluding hydrogens is 264 g/mol. The van der Waals surface area contributed by atoms with Gasteiger partial charge in [-0.25, -0.2) is 0 Å². The van der Waals surface area contributed by atoms with Crippen LogP contribution in [0.25, 0.3) is 0 Å². The lowest BCUT2D eigenvalue weighted by atomic mass is 9.74. The SMILES string of the molecule is CCC(C)(C)C1=CC=C(C2=CC=C(C(C)(C)CC)CC2)CC1. The minimum Gasteiger partial charge on any atom is -0.0646 e. The fraction of sp³-hybridized carbons (Fsp3) is 0.636. The van der Waals surface area contributed by atoms with Crippen molar-refractivity contribution in [1.82, 2.24) is 0 Å². The van der Waals surface area contributed by atoms with Crippen LogP contribution in [-0.4, -0.2) is 0 Å². The second-order valence-corrected chi connectivity index (χ2v) is 8.24. The van der Waals surface area contributed by atoms with Gasteiger partial charge < -0.3 is 0 Å². The molecule has 2 aliphatic carbocycles. The third-order valence-corrected chi connectivity index (χ3v) is 6.22. The van der Waals surface area contributed by atoms with E-state index in [0.29, 0.717) is 10.8 Å². The molecule has 0 aromatic rings. The zero-order chi connectivity index (χ0) is 16.4. The molecule has 0 saturated heterocycles. The van der Waals surface area contributed by atoms with Gasteiger partial charge in [-0.3, -0.25) is 0 Å². The van der Waals surface area contributed by atoms with Crippen LogP contribution in [0.15, 0.2) is 46.6 Å². The lowest BCUT2D eigenvalue weighted by molar-refractivity contribution is 0.409. The molecule has 0 heterocycles. The maximum Gasteiger partial charge on any atom is -0.0144 e. The molecule has 0 N–H and O–H groups in total. The van der Waals surface area contributed by atoms with E-state index in [-0.39, 0.29) is 0 Å². The van der Waals surface area contributed by atoms with Crippen molar-refractivity contribution in [1.29, 1.82) is 0 Å². The smallest absolute Gasteiger partial charge is 0.0144 e. The Balaban J connectivity index is 2.15. The van der Waals surface area contributed by atoms with Crippen LogP contribution in [0.3, 0.4) is 0 Å². The van der Waals surface area contributed by atoms with Crippen molar-refractivity contribution in [3.8, 4) is 0 Å². The van der Waals surface area contributed by atoms with E-state index >= 15 is 0 Å². The summed E-state index contributed by atoms with van der Waals surface area (Å²) in [6.07, 6.45) is 17.0. The van der Waals surface area contributed by atoms with E-state index in [1.807, 2.05) is 0 Å². The summed E-state index contributed by atoms with van der Waals surface area (Å²) in [7, 11) is 0. The quantitative estimate of drug-likeness (QED) is 0.505. The van der Waals surface area contributed by atoms with Gasteiger partial charge in [0.15, 0.2) is 0 Å². The van der Waals surface area contributed by atoms with Gasteiger partial charge in [0.05, 0.1) is 0 Å². The number of hydrogen-bond donors (Lipinski definition) is 0. The molecule has 122 valence electrons. The van der Waals surface area contributed by atoms with Gasteiger partial charge in [0.2, 0.25) is 0 Å². The fourth-order valence-electron chi connectivity index (χ4n) is 3.39. The molecule has 0 bridgehead atoms. The number of rotatable bonds is 5. The second kappa shape index (κ2) is 6.60. The largest absolute Gasteiger partial charge is 0.0646 e. The monoisotopic (exact) mass is 298 g/mol. The van der Waals surface area contributed by atoms with Gasteiger partial charge in [-0.05, 0) is 60.5 Å². The molecule has 2 aliphatic rings. The molecule has 0 fully saturated rings. The molecule has 0 unspecified atom stereocenters. The Hall–Kier alpha value is -1.04. The van der Waals surface area contributed by atoms with Crippen molar-refractivity contribution in [2.75, 3.05) is 0 Å². The van der Waals surface area contributed by atoms with Gasteiger partial charge in [-0.2, -0.15) is 0 Å². The molecule has 0 heteroatoms. The first-order valence-electron chi connectivity index (χ1n) is 9.11. The average molecular weight is 299 g/mol. The molecule has 0 nitrogen and oxygen atoms in total. The van der Waals surface area contributed by atoms with Crippen LogP contribution in [0.5, 0.6) is 0 Å². The summed E-state index contributed by atoms with van der Waals surface area (Å²) in [5.41, 5.74) is 7.11. The highest BCUT2D eigenvalue weighted by atomic mass is 14.3. The Morgan fingerprint density at radius 3 is 1.23 bits per heavy atom. The first-order valence-corrected chi connectivity index (χ1v) is 9.11. The number of hydrogen-bond acceptors (Lipinski definition) is 0. The van der Waals surface area contributed by atoms with Crippen LogP contribution in [0.4, 0.5) is 0 Å². The highest BCUT2D eigenvalue weighted by molar-refractivity contribution is 5.43. The van der Waals surface area contributed by atoms with Crippen LogP contribution in [0.1, 0.15) is 80.1 Å². The van der Waals surface area contributed by atoms with Gasteiger partial charge in [0.1, 0.15) is 0 Å². The summed E-state index contributed by atoms with van der Waals surface area (Å²) < 4.78 is 0. The molecule has 0 aromatic heterocycles. The first kappa shape index (κ1) is 17.3. The first-order chi connectivity index (χ1) is 10.3. The van der Waals surface area contributed by atoms with E-state index in [9.17, 15) is 0 Å². The maximum atomic E-state index is 2.40. The highest BCUT2D eigenvalue weighted by Gasteiger charge is 2.25. The van der Waals surface area contributed by atoms with E-state index in [2.05, 4.69) is 65.8 Å². The fourth-order valence-corrected chi connectivity index (χ4v) is 3.39. The molecule has 22 heavy (non-hydrogen) atoms. The zero-order valence-corrected chi connectivity index (χ0v) is 15.6. The standard InChI is InChI=1S/C22H34/c1-7-21(3,4)19-13-9-17(10-14-19)18-11-15-20(16-12-18)22(5,6)8-2/h9,11,13,15H,7-8,10,12,14,16H2,1-6H3. The Kier molecular flexibility index (Phi) is 5.20. The summed E-state index contributed by atoms with van der Waals surface area (Å²) in [5, 5.41) is 0. The van der Waals surface area contributed by atoms with Crippen LogP contribution in [-0.2, 0) is 0 Å². The van der Waals surface area contributed by atoms with Crippen LogP contribution < -0.4 is 0 Å². The summed E-state index contributed by atoms with van der Waals surface area (Å²) in [4.78, 5) is 0. The minimum atomic E-state index is 0.362. The van der Waals surface area contributed by atoms with Gasteiger partial charge in [-0.15, -0.1) is 0 Å². The van der Waals surface area contributed by atoms with Crippen LogP contribution in [0.2, 0.25) is 0 Å². The molecule has 2 rings (SSSR count). The minimum absolute atomic E-state index is 0.362. The van der Waals surface area contributed by atoms with E-state index in [4.69, 9.17) is 0 Å². The molecule has 0 atom stereocenters. The Labute approximate surface area is 138 Å². The molecular formula is C22H34. The lowest BCUT2D eigenvalue weighted by Gasteiger charge is -2.31. The Morgan fingerprint density at radius 1 is 0.636 bits per heavy atom. The molecule has 0 saturated carbocycles. The van der Waals surface area contributed by atoms with E-state index in [1.54, 1.807) is 22.3 Å². The maximum absolute atomic E-state index is 2.40. The van der Waals surface area contributed by atoms with E-state index in [1.165, 1.54) is 38.5 Å². The highest BCUT2D eigenvalue weighted by Crippen LogP contribution is 2.41. The second-order valence-electron chi connectivity index (χ2n) is 8.24. The summed E-state index contributed by atoms with van der Waals surface area (Å²) in [6.45, 7) is 14.1.